The van der Waals surface area contributed by atoms with E-state index in [0.717, 1.165) is 43.5 Å². The molecular formula is C27H33N3O3. The number of benzene rings is 2. The molecule has 2 aliphatic rings. The van der Waals surface area contributed by atoms with Gasteiger partial charge in [0.25, 0.3) is 11.8 Å². The normalized spacial score (nSPS) is 18.0. The van der Waals surface area contributed by atoms with Gasteiger partial charge in [-0.1, -0.05) is 36.4 Å². The molecule has 0 saturated carbocycles. The first kappa shape index (κ1) is 23.0. The smallest absolute Gasteiger partial charge is 0.254 e. The van der Waals surface area contributed by atoms with E-state index < -0.39 is 6.04 Å². The molecule has 0 unspecified atom stereocenters. The minimum atomic E-state index is -0.563. The summed E-state index contributed by atoms with van der Waals surface area (Å²) < 4.78 is 0. The van der Waals surface area contributed by atoms with Crippen LogP contribution in [0.25, 0.3) is 0 Å². The number of hydrogen-bond acceptors (Lipinski definition) is 3. The topological polar surface area (TPSA) is 69.7 Å². The lowest BCUT2D eigenvalue weighted by atomic mass is 9.87. The maximum absolute atomic E-state index is 13.5. The number of hydrogen-bond donors (Lipinski definition) is 1. The van der Waals surface area contributed by atoms with E-state index in [0.29, 0.717) is 31.5 Å². The highest BCUT2D eigenvalue weighted by Gasteiger charge is 2.36. The van der Waals surface area contributed by atoms with E-state index in [1.54, 1.807) is 12.1 Å². The zero-order chi connectivity index (χ0) is 23.2. The van der Waals surface area contributed by atoms with Crippen LogP contribution in [0.15, 0.2) is 54.6 Å². The maximum Gasteiger partial charge on any atom is 0.254 e. The lowest BCUT2D eigenvalue weighted by Crippen LogP contribution is -2.55. The van der Waals surface area contributed by atoms with E-state index in [-0.39, 0.29) is 23.6 Å². The highest BCUT2D eigenvalue weighted by Crippen LogP contribution is 2.25. The lowest BCUT2D eigenvalue weighted by Gasteiger charge is -2.38. The van der Waals surface area contributed by atoms with Crippen molar-refractivity contribution in [1.29, 1.82) is 0 Å². The van der Waals surface area contributed by atoms with Crippen molar-refractivity contribution in [3.05, 3.63) is 71.3 Å². The molecule has 1 N–H and O–H groups in total. The standard InChI is InChI=1S/C27H33N3O3/c1-20-10-6-7-13-23(20)26(32)30-18-14-21(15-19-30)24(27(33)29-16-8-3-9-17-29)28-25(31)22-11-4-2-5-12-22/h2,4-7,10-13,21,24H,3,8-9,14-19H2,1H3,(H,28,31)/t24-/m1/s1. The van der Waals surface area contributed by atoms with E-state index in [2.05, 4.69) is 5.32 Å². The van der Waals surface area contributed by atoms with Crippen LogP contribution in [0.3, 0.4) is 0 Å². The Labute approximate surface area is 196 Å². The molecule has 33 heavy (non-hydrogen) atoms. The van der Waals surface area contributed by atoms with Gasteiger partial charge in [0.15, 0.2) is 0 Å². The molecule has 0 spiro atoms. The molecule has 2 heterocycles. The largest absolute Gasteiger partial charge is 0.341 e. The quantitative estimate of drug-likeness (QED) is 0.761. The van der Waals surface area contributed by atoms with Gasteiger partial charge in [-0.3, -0.25) is 14.4 Å². The highest BCUT2D eigenvalue weighted by atomic mass is 16.2. The van der Waals surface area contributed by atoms with Gasteiger partial charge in [-0.2, -0.15) is 0 Å². The van der Waals surface area contributed by atoms with Crippen molar-refractivity contribution in [3.8, 4) is 0 Å². The molecule has 6 heteroatoms. The summed E-state index contributed by atoms with van der Waals surface area (Å²) in [5, 5.41) is 3.05. The SMILES string of the molecule is Cc1ccccc1C(=O)N1CCC([C@@H](NC(=O)c2ccccc2)C(=O)N2CCCCC2)CC1. The fourth-order valence-electron chi connectivity index (χ4n) is 4.93. The second-order valence-corrected chi connectivity index (χ2v) is 9.15. The van der Waals surface area contributed by atoms with Crippen LogP contribution in [-0.2, 0) is 4.79 Å². The Hall–Kier alpha value is -3.15. The Bertz CT molecular complexity index is 977. The van der Waals surface area contributed by atoms with E-state index >= 15 is 0 Å². The van der Waals surface area contributed by atoms with E-state index in [9.17, 15) is 14.4 Å². The number of carbonyl (C=O) groups is 3. The summed E-state index contributed by atoms with van der Waals surface area (Å²) in [5.74, 6) is -0.154. The monoisotopic (exact) mass is 447 g/mol. The molecule has 0 aromatic heterocycles. The van der Waals surface area contributed by atoms with Crippen LogP contribution in [0.1, 0.15) is 58.4 Å². The average molecular weight is 448 g/mol. The van der Waals surface area contributed by atoms with Crippen molar-refractivity contribution >= 4 is 17.7 Å². The third-order valence-electron chi connectivity index (χ3n) is 6.93. The number of likely N-dealkylation sites (tertiary alicyclic amines) is 2. The Morgan fingerprint density at radius 3 is 2.12 bits per heavy atom. The van der Waals surface area contributed by atoms with E-state index in [1.807, 2.05) is 59.2 Å². The first-order chi connectivity index (χ1) is 16.0. The van der Waals surface area contributed by atoms with Gasteiger partial charge < -0.3 is 15.1 Å². The van der Waals surface area contributed by atoms with Gasteiger partial charge in [-0.25, -0.2) is 0 Å². The summed E-state index contributed by atoms with van der Waals surface area (Å²) >= 11 is 0. The first-order valence-electron chi connectivity index (χ1n) is 12.0. The van der Waals surface area contributed by atoms with Crippen LogP contribution in [0.2, 0.25) is 0 Å². The molecule has 2 saturated heterocycles. The summed E-state index contributed by atoms with van der Waals surface area (Å²) in [7, 11) is 0. The molecule has 2 aromatic carbocycles. The zero-order valence-electron chi connectivity index (χ0n) is 19.3. The molecule has 0 radical (unpaired) electrons. The fourth-order valence-corrected chi connectivity index (χ4v) is 4.93. The maximum atomic E-state index is 13.5. The summed E-state index contributed by atoms with van der Waals surface area (Å²) in [6, 6.07) is 16.1. The van der Waals surface area contributed by atoms with E-state index in [1.165, 1.54) is 0 Å². The molecule has 174 valence electrons. The second kappa shape index (κ2) is 10.6. The van der Waals surface area contributed by atoms with Crippen LogP contribution in [-0.4, -0.2) is 59.7 Å². The molecule has 0 bridgehead atoms. The van der Waals surface area contributed by atoms with Gasteiger partial charge in [0.05, 0.1) is 0 Å². The minimum absolute atomic E-state index is 0.00742. The van der Waals surface area contributed by atoms with Gasteiger partial charge in [0.2, 0.25) is 5.91 Å². The van der Waals surface area contributed by atoms with Crippen molar-refractivity contribution in [2.45, 2.75) is 45.1 Å². The molecule has 0 aliphatic carbocycles. The molecular weight excluding hydrogens is 414 g/mol. The summed E-state index contributed by atoms with van der Waals surface area (Å²) in [6.45, 7) is 4.63. The van der Waals surface area contributed by atoms with Crippen molar-refractivity contribution in [1.82, 2.24) is 15.1 Å². The molecule has 2 aliphatic heterocycles. The number of rotatable bonds is 5. The fraction of sp³-hybridized carbons (Fsp3) is 0.444. The number of amides is 3. The lowest BCUT2D eigenvalue weighted by molar-refractivity contribution is -0.136. The third kappa shape index (κ3) is 5.44. The van der Waals surface area contributed by atoms with Gasteiger partial charge >= 0.3 is 0 Å². The van der Waals surface area contributed by atoms with Crippen molar-refractivity contribution < 1.29 is 14.4 Å². The Morgan fingerprint density at radius 2 is 1.45 bits per heavy atom. The summed E-state index contributed by atoms with van der Waals surface area (Å²) in [4.78, 5) is 43.2. The average Bonchev–Trinajstić information content (AvgIpc) is 2.88. The highest BCUT2D eigenvalue weighted by molar-refractivity contribution is 5.98. The van der Waals surface area contributed by atoms with Crippen LogP contribution in [0.4, 0.5) is 0 Å². The van der Waals surface area contributed by atoms with Crippen LogP contribution >= 0.6 is 0 Å². The Balaban J connectivity index is 1.46. The van der Waals surface area contributed by atoms with Crippen molar-refractivity contribution in [2.24, 2.45) is 5.92 Å². The predicted molar refractivity (Wildman–Crippen MR) is 128 cm³/mol. The molecule has 6 nitrogen and oxygen atoms in total. The second-order valence-electron chi connectivity index (χ2n) is 9.15. The minimum Gasteiger partial charge on any atom is -0.341 e. The molecule has 3 amide bonds. The third-order valence-corrected chi connectivity index (χ3v) is 6.93. The van der Waals surface area contributed by atoms with Crippen molar-refractivity contribution in [2.75, 3.05) is 26.2 Å². The summed E-state index contributed by atoms with van der Waals surface area (Å²) in [5.41, 5.74) is 2.26. The van der Waals surface area contributed by atoms with E-state index in [4.69, 9.17) is 0 Å². The van der Waals surface area contributed by atoms with Gasteiger partial charge in [-0.05, 0) is 68.7 Å². The zero-order valence-corrected chi connectivity index (χ0v) is 19.3. The van der Waals surface area contributed by atoms with Gasteiger partial charge in [0.1, 0.15) is 6.04 Å². The van der Waals surface area contributed by atoms with Crippen molar-refractivity contribution in [3.63, 3.8) is 0 Å². The van der Waals surface area contributed by atoms with Crippen LogP contribution in [0.5, 0.6) is 0 Å². The number of aryl methyl sites for hydroxylation is 1. The van der Waals surface area contributed by atoms with Crippen LogP contribution in [0, 0.1) is 12.8 Å². The number of carbonyl (C=O) groups excluding carboxylic acids is 3. The molecule has 2 fully saturated rings. The van der Waals surface area contributed by atoms with Gasteiger partial charge in [0, 0.05) is 37.3 Å². The van der Waals surface area contributed by atoms with Crippen LogP contribution < -0.4 is 5.32 Å². The molecule has 4 rings (SSSR count). The summed E-state index contributed by atoms with van der Waals surface area (Å²) in [6.07, 6.45) is 4.54. The number of nitrogens with zero attached hydrogens (tertiary/aromatic N) is 2. The predicted octanol–water partition coefficient (Wildman–Crippen LogP) is 3.66. The van der Waals surface area contributed by atoms with Gasteiger partial charge in [-0.15, -0.1) is 0 Å². The molecule has 2 aromatic rings. The Kier molecular flexibility index (Phi) is 7.43. The number of nitrogens with one attached hydrogen (secondary N) is 1. The molecule has 1 atom stereocenters. The Morgan fingerprint density at radius 1 is 0.818 bits per heavy atom. The first-order valence-corrected chi connectivity index (χ1v) is 12.0. The number of piperidine rings is 2.